The van der Waals surface area contributed by atoms with Gasteiger partial charge in [0.25, 0.3) is 0 Å². The minimum absolute atomic E-state index is 0.0124. The van der Waals surface area contributed by atoms with Crippen molar-refractivity contribution in [2.75, 3.05) is 27.1 Å². The molecule has 1 aromatic rings. The highest BCUT2D eigenvalue weighted by Gasteiger charge is 2.51. The molecule has 0 aromatic heterocycles. The summed E-state index contributed by atoms with van der Waals surface area (Å²) in [6.07, 6.45) is -5.00. The zero-order valence-electron chi connectivity index (χ0n) is 13.8. The van der Waals surface area contributed by atoms with Crippen LogP contribution in [0.1, 0.15) is 18.8 Å². The fraction of sp³-hybridized carbons (Fsp3) is 0.647. The molecule has 3 rings (SSSR count). The van der Waals surface area contributed by atoms with E-state index in [2.05, 4.69) is 0 Å². The van der Waals surface area contributed by atoms with E-state index < -0.39 is 37.1 Å². The van der Waals surface area contributed by atoms with Crippen LogP contribution >= 0.6 is 0 Å². The Morgan fingerprint density at radius 1 is 1.21 bits per heavy atom. The molecule has 6 atom stereocenters. The first-order chi connectivity index (χ1) is 11.7. The predicted molar refractivity (Wildman–Crippen MR) is 81.9 cm³/mol. The molecule has 134 valence electrons. The van der Waals surface area contributed by atoms with Gasteiger partial charge in [0.05, 0.1) is 6.61 Å². The highest BCUT2D eigenvalue weighted by Crippen LogP contribution is 2.36. The highest BCUT2D eigenvalue weighted by atomic mass is 19.1. The molecule has 2 fully saturated rings. The van der Waals surface area contributed by atoms with Gasteiger partial charge in [0.1, 0.15) is 25.1 Å². The second-order valence-electron chi connectivity index (χ2n) is 5.64. The normalized spacial score (nSPS) is 36.3. The minimum Gasteiger partial charge on any atom is -0.356 e. The molecule has 1 aromatic carbocycles. The summed E-state index contributed by atoms with van der Waals surface area (Å²) in [6, 6.07) is 9.50. The lowest BCUT2D eigenvalue weighted by molar-refractivity contribution is -0.359. The van der Waals surface area contributed by atoms with Crippen LogP contribution in [0.5, 0.6) is 0 Å². The van der Waals surface area contributed by atoms with Crippen molar-refractivity contribution in [3.05, 3.63) is 35.9 Å². The van der Waals surface area contributed by atoms with Crippen LogP contribution in [0.25, 0.3) is 0 Å². The van der Waals surface area contributed by atoms with E-state index in [9.17, 15) is 4.39 Å². The molecule has 0 spiro atoms. The molecule has 2 heterocycles. The molecule has 0 radical (unpaired) electrons. The second kappa shape index (κ2) is 8.33. The van der Waals surface area contributed by atoms with Crippen LogP contribution in [-0.4, -0.2) is 57.9 Å². The summed E-state index contributed by atoms with van der Waals surface area (Å²) in [5.41, 5.74) is 0.865. The third-order valence-corrected chi connectivity index (χ3v) is 4.12. The Bertz CT molecular complexity index is 501. The van der Waals surface area contributed by atoms with E-state index in [1.165, 1.54) is 7.11 Å². The third-order valence-electron chi connectivity index (χ3n) is 4.12. The van der Waals surface area contributed by atoms with Crippen molar-refractivity contribution in [1.82, 2.24) is 0 Å². The van der Waals surface area contributed by atoms with Crippen LogP contribution in [0.2, 0.25) is 0 Å². The van der Waals surface area contributed by atoms with E-state index in [0.717, 1.165) is 5.56 Å². The number of alkyl halides is 1. The first kappa shape index (κ1) is 17.7. The summed E-state index contributed by atoms with van der Waals surface area (Å²) in [4.78, 5) is 0. The fourth-order valence-corrected chi connectivity index (χ4v) is 2.90. The Morgan fingerprint density at radius 3 is 2.71 bits per heavy atom. The number of benzene rings is 1. The van der Waals surface area contributed by atoms with Gasteiger partial charge in [0.2, 0.25) is 0 Å². The number of halogens is 1. The minimum atomic E-state index is -1.48. The summed E-state index contributed by atoms with van der Waals surface area (Å²) < 4.78 is 47.8. The quantitative estimate of drug-likeness (QED) is 0.583. The number of hydrogen-bond donors (Lipinski definition) is 0. The average molecular weight is 342 g/mol. The zero-order chi connectivity index (χ0) is 16.9. The molecule has 24 heavy (non-hydrogen) atoms. The predicted octanol–water partition coefficient (Wildman–Crippen LogP) is 2.19. The molecule has 0 N–H and O–H groups in total. The van der Waals surface area contributed by atoms with Crippen LogP contribution in [-0.2, 0) is 28.4 Å². The van der Waals surface area contributed by atoms with Crippen LogP contribution < -0.4 is 0 Å². The molecule has 7 heteroatoms. The smallest absolute Gasteiger partial charge is 0.191 e. The summed E-state index contributed by atoms with van der Waals surface area (Å²) in [7, 11) is 1.40. The number of methoxy groups -OCH3 is 1. The summed E-state index contributed by atoms with van der Waals surface area (Å²) in [5, 5.41) is 0. The summed E-state index contributed by atoms with van der Waals surface area (Å²) in [6.45, 7) is 2.59. The Balaban J connectivity index is 1.73. The van der Waals surface area contributed by atoms with Gasteiger partial charge in [-0.2, -0.15) is 0 Å². The largest absolute Gasteiger partial charge is 0.356 e. The molecule has 0 aliphatic carbocycles. The van der Waals surface area contributed by atoms with Crippen molar-refractivity contribution in [2.45, 2.75) is 44.0 Å². The second-order valence-corrected chi connectivity index (χ2v) is 5.64. The zero-order valence-corrected chi connectivity index (χ0v) is 13.8. The first-order valence-electron chi connectivity index (χ1n) is 8.08. The highest BCUT2D eigenvalue weighted by molar-refractivity contribution is 5.16. The van der Waals surface area contributed by atoms with Crippen molar-refractivity contribution in [3.8, 4) is 0 Å². The third kappa shape index (κ3) is 3.77. The van der Waals surface area contributed by atoms with E-state index in [4.69, 9.17) is 28.4 Å². The van der Waals surface area contributed by atoms with Gasteiger partial charge in [-0.3, -0.25) is 0 Å². The molecule has 0 saturated carbocycles. The van der Waals surface area contributed by atoms with Gasteiger partial charge in [-0.15, -0.1) is 0 Å². The maximum atomic E-state index is 14.7. The van der Waals surface area contributed by atoms with E-state index in [0.29, 0.717) is 6.61 Å². The number of ether oxygens (including phenoxy) is 6. The van der Waals surface area contributed by atoms with Gasteiger partial charge < -0.3 is 28.4 Å². The van der Waals surface area contributed by atoms with Crippen molar-refractivity contribution < 1.29 is 32.8 Å². The van der Waals surface area contributed by atoms with Crippen molar-refractivity contribution in [1.29, 1.82) is 0 Å². The maximum absolute atomic E-state index is 14.7. The van der Waals surface area contributed by atoms with Gasteiger partial charge in [0, 0.05) is 19.3 Å². The Labute approximate surface area is 140 Å². The van der Waals surface area contributed by atoms with E-state index in [1.807, 2.05) is 37.3 Å². The van der Waals surface area contributed by atoms with Crippen molar-refractivity contribution >= 4 is 0 Å². The van der Waals surface area contributed by atoms with Gasteiger partial charge in [0.15, 0.2) is 18.8 Å². The van der Waals surface area contributed by atoms with Crippen molar-refractivity contribution in [3.63, 3.8) is 0 Å². The van der Waals surface area contributed by atoms with Gasteiger partial charge in [-0.05, 0) is 6.92 Å². The lowest BCUT2D eigenvalue weighted by atomic mass is 9.98. The summed E-state index contributed by atoms with van der Waals surface area (Å²) >= 11 is 0. The van der Waals surface area contributed by atoms with Gasteiger partial charge in [-0.1, -0.05) is 30.3 Å². The Kier molecular flexibility index (Phi) is 6.15. The number of rotatable bonds is 6. The van der Waals surface area contributed by atoms with Gasteiger partial charge in [-0.25, -0.2) is 4.39 Å². The standard InChI is InChI=1S/C17H23FO6/c1-3-20-10-22-15-13(18)17(19-2)23-12-9-21-16(24-14(12)15)11-7-5-4-6-8-11/h4-8,12-17H,3,9-10H2,1-2H3/t12-,13-,14-,15-,16?,17-/m1/s1. The van der Waals surface area contributed by atoms with E-state index >= 15 is 0 Å². The van der Waals surface area contributed by atoms with Crippen LogP contribution in [0.4, 0.5) is 4.39 Å². The molecular formula is C17H23FO6. The van der Waals surface area contributed by atoms with Crippen molar-refractivity contribution in [2.24, 2.45) is 0 Å². The molecule has 0 amide bonds. The SMILES string of the molecule is CCOCO[C@@H]1[C@@H](F)[C@H](OC)O[C@@H]2COC(c3ccccc3)O[C@@H]12. The molecule has 2 saturated heterocycles. The monoisotopic (exact) mass is 342 g/mol. The summed E-state index contributed by atoms with van der Waals surface area (Å²) in [5.74, 6) is 0. The molecule has 1 unspecified atom stereocenters. The Morgan fingerprint density at radius 2 is 2.00 bits per heavy atom. The lowest BCUT2D eigenvalue weighted by Crippen LogP contribution is -2.61. The maximum Gasteiger partial charge on any atom is 0.191 e. The molecule has 2 aliphatic rings. The molecule has 2 aliphatic heterocycles. The van der Waals surface area contributed by atoms with E-state index in [1.54, 1.807) is 0 Å². The van der Waals surface area contributed by atoms with Crippen LogP contribution in [0.15, 0.2) is 30.3 Å². The molecular weight excluding hydrogens is 319 g/mol. The number of fused-ring (bicyclic) bond motifs is 1. The van der Waals surface area contributed by atoms with Crippen LogP contribution in [0.3, 0.4) is 0 Å². The Hall–Kier alpha value is -1.09. The average Bonchev–Trinajstić information content (AvgIpc) is 2.63. The lowest BCUT2D eigenvalue weighted by Gasteiger charge is -2.46. The van der Waals surface area contributed by atoms with Crippen LogP contribution in [0, 0.1) is 0 Å². The molecule has 0 bridgehead atoms. The first-order valence-corrected chi connectivity index (χ1v) is 8.08. The topological polar surface area (TPSA) is 55.4 Å². The molecule has 6 nitrogen and oxygen atoms in total. The fourth-order valence-electron chi connectivity index (χ4n) is 2.90. The van der Waals surface area contributed by atoms with Gasteiger partial charge >= 0.3 is 0 Å². The number of hydrogen-bond acceptors (Lipinski definition) is 6. The van der Waals surface area contributed by atoms with E-state index in [-0.39, 0.29) is 13.4 Å².